The van der Waals surface area contributed by atoms with Crippen molar-refractivity contribution in [2.75, 3.05) is 4.43 Å². The number of ether oxygens (including phenoxy) is 1. The number of hydrogen-bond acceptors (Lipinski definition) is 1. The normalized spacial score (nSPS) is 20.6. The molecule has 0 N–H and O–H groups in total. The second-order valence-electron chi connectivity index (χ2n) is 3.54. The van der Waals surface area contributed by atoms with E-state index in [2.05, 4.69) is 47.7 Å². The summed E-state index contributed by atoms with van der Waals surface area (Å²) in [7, 11) is 0. The van der Waals surface area contributed by atoms with Crippen LogP contribution in [0.2, 0.25) is 0 Å². The maximum absolute atomic E-state index is 5.83. The van der Waals surface area contributed by atoms with E-state index in [9.17, 15) is 0 Å². The topological polar surface area (TPSA) is 9.23 Å². The van der Waals surface area contributed by atoms with E-state index in [-0.39, 0.29) is 0 Å². The third-order valence-electron chi connectivity index (χ3n) is 2.42. The zero-order valence-corrected chi connectivity index (χ0v) is 9.87. The zero-order valence-electron chi connectivity index (χ0n) is 7.72. The molecule has 0 radical (unpaired) electrons. The SMILES string of the molecule is Cc1ccc2c(c1)CCC(CI)O2. The first-order valence-corrected chi connectivity index (χ1v) is 6.14. The third kappa shape index (κ3) is 1.98. The summed E-state index contributed by atoms with van der Waals surface area (Å²) in [5, 5.41) is 0. The highest BCUT2D eigenvalue weighted by Crippen LogP contribution is 2.28. The van der Waals surface area contributed by atoms with Gasteiger partial charge in [-0.05, 0) is 31.4 Å². The maximum atomic E-state index is 5.83. The molecular weight excluding hydrogens is 275 g/mol. The first-order chi connectivity index (χ1) is 6.29. The average Bonchev–Trinajstić information content (AvgIpc) is 2.17. The van der Waals surface area contributed by atoms with Crippen molar-refractivity contribution in [1.29, 1.82) is 0 Å². The monoisotopic (exact) mass is 288 g/mol. The van der Waals surface area contributed by atoms with Gasteiger partial charge < -0.3 is 4.74 Å². The van der Waals surface area contributed by atoms with Gasteiger partial charge in [-0.2, -0.15) is 0 Å². The lowest BCUT2D eigenvalue weighted by molar-refractivity contribution is 0.199. The molecule has 0 fully saturated rings. The Morgan fingerprint density at radius 3 is 3.15 bits per heavy atom. The molecule has 70 valence electrons. The Morgan fingerprint density at radius 1 is 1.54 bits per heavy atom. The van der Waals surface area contributed by atoms with Crippen LogP contribution in [-0.2, 0) is 6.42 Å². The van der Waals surface area contributed by atoms with Crippen LogP contribution < -0.4 is 4.74 Å². The summed E-state index contributed by atoms with van der Waals surface area (Å²) >= 11 is 2.39. The molecule has 2 rings (SSSR count). The standard InChI is InChI=1S/C11H13IO/c1-8-2-5-11-9(6-8)3-4-10(7-12)13-11/h2,5-6,10H,3-4,7H2,1H3. The fourth-order valence-corrected chi connectivity index (χ4v) is 2.30. The molecule has 0 aliphatic carbocycles. The van der Waals surface area contributed by atoms with E-state index in [1.807, 2.05) is 0 Å². The van der Waals surface area contributed by atoms with Gasteiger partial charge in [0.15, 0.2) is 0 Å². The fraction of sp³-hybridized carbons (Fsp3) is 0.455. The van der Waals surface area contributed by atoms with Gasteiger partial charge in [-0.15, -0.1) is 0 Å². The van der Waals surface area contributed by atoms with E-state index >= 15 is 0 Å². The quantitative estimate of drug-likeness (QED) is 0.570. The van der Waals surface area contributed by atoms with Crippen molar-refractivity contribution in [3.05, 3.63) is 29.3 Å². The molecule has 1 atom stereocenters. The number of aryl methyl sites for hydroxylation is 2. The molecule has 1 unspecified atom stereocenters. The minimum atomic E-state index is 0.427. The lowest BCUT2D eigenvalue weighted by Crippen LogP contribution is -2.23. The smallest absolute Gasteiger partial charge is 0.122 e. The number of fused-ring (bicyclic) bond motifs is 1. The van der Waals surface area contributed by atoms with Crippen molar-refractivity contribution in [2.24, 2.45) is 0 Å². The van der Waals surface area contributed by atoms with Gasteiger partial charge in [0.05, 0.1) is 0 Å². The summed E-state index contributed by atoms with van der Waals surface area (Å²) < 4.78 is 6.92. The predicted octanol–water partition coefficient (Wildman–Crippen LogP) is 3.12. The Hall–Kier alpha value is -0.250. The molecule has 1 nitrogen and oxygen atoms in total. The minimum Gasteiger partial charge on any atom is -0.489 e. The molecule has 1 aliphatic heterocycles. The lowest BCUT2D eigenvalue weighted by atomic mass is 10.0. The summed E-state index contributed by atoms with van der Waals surface area (Å²) in [6, 6.07) is 6.45. The molecule has 0 saturated heterocycles. The van der Waals surface area contributed by atoms with Crippen molar-refractivity contribution in [3.8, 4) is 5.75 Å². The van der Waals surface area contributed by atoms with E-state index < -0.39 is 0 Å². The van der Waals surface area contributed by atoms with Gasteiger partial charge in [-0.25, -0.2) is 0 Å². The number of halogens is 1. The first-order valence-electron chi connectivity index (χ1n) is 4.62. The second-order valence-corrected chi connectivity index (χ2v) is 4.42. The Bertz CT molecular complexity index is 309. The molecule has 0 bridgehead atoms. The van der Waals surface area contributed by atoms with Crippen LogP contribution in [0, 0.1) is 6.92 Å². The highest BCUT2D eigenvalue weighted by Gasteiger charge is 2.17. The highest BCUT2D eigenvalue weighted by molar-refractivity contribution is 14.1. The van der Waals surface area contributed by atoms with Gasteiger partial charge in [-0.1, -0.05) is 40.3 Å². The number of rotatable bonds is 1. The van der Waals surface area contributed by atoms with Crippen molar-refractivity contribution in [1.82, 2.24) is 0 Å². The molecule has 2 heteroatoms. The number of alkyl halides is 1. The number of benzene rings is 1. The summed E-state index contributed by atoms with van der Waals surface area (Å²) in [5.41, 5.74) is 2.70. The van der Waals surface area contributed by atoms with Gasteiger partial charge in [0.2, 0.25) is 0 Å². The molecule has 0 saturated carbocycles. The molecule has 0 amide bonds. The largest absolute Gasteiger partial charge is 0.489 e. The summed E-state index contributed by atoms with van der Waals surface area (Å²) in [6.45, 7) is 2.13. The van der Waals surface area contributed by atoms with Gasteiger partial charge in [0.25, 0.3) is 0 Å². The van der Waals surface area contributed by atoms with E-state index in [1.54, 1.807) is 0 Å². The fourth-order valence-electron chi connectivity index (χ4n) is 1.68. The third-order valence-corrected chi connectivity index (χ3v) is 3.40. The van der Waals surface area contributed by atoms with Crippen LogP contribution >= 0.6 is 22.6 Å². The van der Waals surface area contributed by atoms with E-state index in [4.69, 9.17) is 4.74 Å². The Kier molecular flexibility index (Phi) is 2.77. The van der Waals surface area contributed by atoms with Gasteiger partial charge >= 0.3 is 0 Å². The number of hydrogen-bond donors (Lipinski definition) is 0. The molecule has 1 heterocycles. The Balaban J connectivity index is 2.26. The molecule has 0 aromatic heterocycles. The van der Waals surface area contributed by atoms with E-state index in [0.717, 1.165) is 10.2 Å². The van der Waals surface area contributed by atoms with Crippen LogP contribution in [0.3, 0.4) is 0 Å². The molecule has 1 aromatic rings. The van der Waals surface area contributed by atoms with E-state index in [0.29, 0.717) is 6.10 Å². The van der Waals surface area contributed by atoms with Crippen LogP contribution in [0.4, 0.5) is 0 Å². The first kappa shape index (κ1) is 9.31. The Morgan fingerprint density at radius 2 is 2.38 bits per heavy atom. The van der Waals surface area contributed by atoms with Crippen molar-refractivity contribution < 1.29 is 4.74 Å². The lowest BCUT2D eigenvalue weighted by Gasteiger charge is -2.24. The molecule has 1 aromatic carbocycles. The summed E-state index contributed by atoms with van der Waals surface area (Å²) in [4.78, 5) is 0. The maximum Gasteiger partial charge on any atom is 0.122 e. The average molecular weight is 288 g/mol. The molecule has 1 aliphatic rings. The minimum absolute atomic E-state index is 0.427. The zero-order chi connectivity index (χ0) is 9.26. The van der Waals surface area contributed by atoms with Gasteiger partial charge in [-0.3, -0.25) is 0 Å². The molecular formula is C11H13IO. The van der Waals surface area contributed by atoms with Crippen LogP contribution in [0.25, 0.3) is 0 Å². The molecule has 13 heavy (non-hydrogen) atoms. The van der Waals surface area contributed by atoms with Crippen molar-refractivity contribution >= 4 is 22.6 Å². The highest BCUT2D eigenvalue weighted by atomic mass is 127. The van der Waals surface area contributed by atoms with Gasteiger partial charge in [0.1, 0.15) is 11.9 Å². The predicted molar refractivity (Wildman–Crippen MR) is 62.8 cm³/mol. The second kappa shape index (κ2) is 3.86. The molecule has 0 spiro atoms. The van der Waals surface area contributed by atoms with Crippen molar-refractivity contribution in [3.63, 3.8) is 0 Å². The van der Waals surface area contributed by atoms with Crippen LogP contribution in [0.5, 0.6) is 5.75 Å². The Labute approximate surface area is 92.6 Å². The van der Waals surface area contributed by atoms with E-state index in [1.165, 1.54) is 24.0 Å². The van der Waals surface area contributed by atoms with Crippen LogP contribution in [-0.4, -0.2) is 10.5 Å². The summed E-state index contributed by atoms with van der Waals surface area (Å²) in [5.74, 6) is 1.10. The van der Waals surface area contributed by atoms with Crippen LogP contribution in [0.1, 0.15) is 17.5 Å². The van der Waals surface area contributed by atoms with Crippen LogP contribution in [0.15, 0.2) is 18.2 Å². The summed E-state index contributed by atoms with van der Waals surface area (Å²) in [6.07, 6.45) is 2.76. The van der Waals surface area contributed by atoms with Gasteiger partial charge in [0, 0.05) is 4.43 Å². The van der Waals surface area contributed by atoms with Crippen molar-refractivity contribution in [2.45, 2.75) is 25.9 Å².